The molecular formula is C22H21ClFNO5. The van der Waals surface area contributed by atoms with Gasteiger partial charge in [-0.1, -0.05) is 11.6 Å². The van der Waals surface area contributed by atoms with E-state index in [2.05, 4.69) is 0 Å². The van der Waals surface area contributed by atoms with Crippen LogP contribution in [0.3, 0.4) is 0 Å². The van der Waals surface area contributed by atoms with Crippen LogP contribution >= 0.6 is 11.6 Å². The Balaban J connectivity index is 1.36. The topological polar surface area (TPSA) is 65.1 Å². The lowest BCUT2D eigenvalue weighted by Gasteiger charge is -2.31. The summed E-state index contributed by atoms with van der Waals surface area (Å²) in [5.74, 6) is -0.348. The molecule has 158 valence electrons. The SMILES string of the molecule is O=C(OCc1cc(Cl)c2c(c1)OCCO2)[C@H]1CCCN(C(=O)c2ccc(F)cc2)C1. The molecule has 1 atom stereocenters. The number of likely N-dealkylation sites (tertiary alicyclic amines) is 1. The third-order valence-corrected chi connectivity index (χ3v) is 5.45. The van der Waals surface area contributed by atoms with Gasteiger partial charge in [-0.3, -0.25) is 9.59 Å². The number of halogens is 2. The predicted molar refractivity (Wildman–Crippen MR) is 107 cm³/mol. The largest absolute Gasteiger partial charge is 0.486 e. The normalized spacial score (nSPS) is 18.1. The Kier molecular flexibility index (Phi) is 6.08. The maximum Gasteiger partial charge on any atom is 0.311 e. The zero-order valence-electron chi connectivity index (χ0n) is 16.2. The van der Waals surface area contributed by atoms with E-state index in [1.54, 1.807) is 17.0 Å². The molecule has 2 aliphatic rings. The third kappa shape index (κ3) is 4.51. The summed E-state index contributed by atoms with van der Waals surface area (Å²) in [7, 11) is 0. The van der Waals surface area contributed by atoms with E-state index in [9.17, 15) is 14.0 Å². The fraction of sp³-hybridized carbons (Fsp3) is 0.364. The Bertz CT molecular complexity index is 949. The first kappa shape index (κ1) is 20.5. The molecule has 1 saturated heterocycles. The van der Waals surface area contributed by atoms with Gasteiger partial charge in [0, 0.05) is 18.7 Å². The number of benzene rings is 2. The molecule has 2 aromatic carbocycles. The van der Waals surface area contributed by atoms with Gasteiger partial charge in [0.15, 0.2) is 11.5 Å². The number of ether oxygens (including phenoxy) is 3. The highest BCUT2D eigenvalue weighted by Gasteiger charge is 2.30. The summed E-state index contributed by atoms with van der Waals surface area (Å²) in [5, 5.41) is 0.409. The van der Waals surface area contributed by atoms with E-state index in [0.29, 0.717) is 60.2 Å². The van der Waals surface area contributed by atoms with Crippen molar-refractivity contribution in [2.24, 2.45) is 5.92 Å². The van der Waals surface area contributed by atoms with Crippen LogP contribution in [0.2, 0.25) is 5.02 Å². The molecule has 30 heavy (non-hydrogen) atoms. The van der Waals surface area contributed by atoms with E-state index < -0.39 is 11.7 Å². The van der Waals surface area contributed by atoms with Crippen molar-refractivity contribution in [2.75, 3.05) is 26.3 Å². The minimum absolute atomic E-state index is 0.0532. The van der Waals surface area contributed by atoms with Crippen LogP contribution in [-0.4, -0.2) is 43.1 Å². The number of amides is 1. The zero-order valence-corrected chi connectivity index (χ0v) is 17.0. The molecule has 0 radical (unpaired) electrons. The van der Waals surface area contributed by atoms with Crippen LogP contribution < -0.4 is 9.47 Å². The highest BCUT2D eigenvalue weighted by molar-refractivity contribution is 6.32. The van der Waals surface area contributed by atoms with Crippen molar-refractivity contribution >= 4 is 23.5 Å². The molecule has 0 aromatic heterocycles. The molecule has 0 spiro atoms. The molecule has 2 heterocycles. The van der Waals surface area contributed by atoms with Crippen LogP contribution in [-0.2, 0) is 16.1 Å². The fourth-order valence-corrected chi connectivity index (χ4v) is 3.94. The average molecular weight is 434 g/mol. The number of piperidine rings is 1. The van der Waals surface area contributed by atoms with Crippen LogP contribution in [0, 0.1) is 11.7 Å². The number of hydrogen-bond acceptors (Lipinski definition) is 5. The molecule has 4 rings (SSSR count). The van der Waals surface area contributed by atoms with Crippen molar-refractivity contribution in [1.29, 1.82) is 0 Å². The first-order valence-electron chi connectivity index (χ1n) is 9.81. The molecule has 1 fully saturated rings. The van der Waals surface area contributed by atoms with Crippen molar-refractivity contribution in [3.63, 3.8) is 0 Å². The standard InChI is InChI=1S/C22H21ClFNO5/c23-18-10-14(11-19-20(18)29-9-8-28-19)13-30-22(27)16-2-1-7-25(12-16)21(26)15-3-5-17(24)6-4-15/h3-6,10-11,16H,1-2,7-9,12-13H2/t16-/m0/s1. The van der Waals surface area contributed by atoms with Gasteiger partial charge in [-0.05, 0) is 54.8 Å². The quantitative estimate of drug-likeness (QED) is 0.685. The maximum absolute atomic E-state index is 13.1. The molecular weight excluding hydrogens is 413 g/mol. The molecule has 0 unspecified atom stereocenters. The summed E-state index contributed by atoms with van der Waals surface area (Å²) in [4.78, 5) is 26.9. The van der Waals surface area contributed by atoms with E-state index in [1.807, 2.05) is 0 Å². The highest BCUT2D eigenvalue weighted by Crippen LogP contribution is 2.38. The number of hydrogen-bond donors (Lipinski definition) is 0. The Labute approximate surface area is 178 Å². The molecule has 0 saturated carbocycles. The molecule has 1 amide bonds. The monoisotopic (exact) mass is 433 g/mol. The average Bonchev–Trinajstić information content (AvgIpc) is 2.77. The Morgan fingerprint density at radius 2 is 1.93 bits per heavy atom. The molecule has 8 heteroatoms. The number of carbonyl (C=O) groups excluding carboxylic acids is 2. The van der Waals surface area contributed by atoms with E-state index >= 15 is 0 Å². The lowest BCUT2D eigenvalue weighted by atomic mass is 9.97. The van der Waals surface area contributed by atoms with Gasteiger partial charge in [0.05, 0.1) is 10.9 Å². The summed E-state index contributed by atoms with van der Waals surface area (Å²) >= 11 is 6.22. The van der Waals surface area contributed by atoms with Gasteiger partial charge in [-0.2, -0.15) is 0 Å². The Morgan fingerprint density at radius 3 is 2.73 bits per heavy atom. The van der Waals surface area contributed by atoms with Gasteiger partial charge in [0.25, 0.3) is 5.91 Å². The smallest absolute Gasteiger partial charge is 0.311 e. The van der Waals surface area contributed by atoms with Crippen molar-refractivity contribution < 1.29 is 28.2 Å². The summed E-state index contributed by atoms with van der Waals surface area (Å²) in [5.41, 5.74) is 1.10. The zero-order chi connectivity index (χ0) is 21.1. The Morgan fingerprint density at radius 1 is 1.17 bits per heavy atom. The van der Waals surface area contributed by atoms with E-state index in [4.69, 9.17) is 25.8 Å². The van der Waals surface area contributed by atoms with Crippen molar-refractivity contribution in [3.05, 3.63) is 58.4 Å². The van der Waals surface area contributed by atoms with Crippen molar-refractivity contribution in [3.8, 4) is 11.5 Å². The summed E-state index contributed by atoms with van der Waals surface area (Å²) in [6.07, 6.45) is 1.34. The van der Waals surface area contributed by atoms with Gasteiger partial charge in [-0.25, -0.2) is 4.39 Å². The molecule has 0 bridgehead atoms. The van der Waals surface area contributed by atoms with Crippen LogP contribution in [0.1, 0.15) is 28.8 Å². The number of esters is 1. The van der Waals surface area contributed by atoms with Gasteiger partial charge in [-0.15, -0.1) is 0 Å². The lowest BCUT2D eigenvalue weighted by Crippen LogP contribution is -2.42. The summed E-state index contributed by atoms with van der Waals surface area (Å²) in [6.45, 7) is 1.76. The van der Waals surface area contributed by atoms with Crippen LogP contribution in [0.15, 0.2) is 36.4 Å². The number of fused-ring (bicyclic) bond motifs is 1. The maximum atomic E-state index is 13.1. The van der Waals surface area contributed by atoms with Crippen molar-refractivity contribution in [1.82, 2.24) is 4.90 Å². The van der Waals surface area contributed by atoms with Crippen LogP contribution in [0.5, 0.6) is 11.5 Å². The molecule has 0 aliphatic carbocycles. The fourth-order valence-electron chi connectivity index (χ4n) is 3.65. The first-order valence-corrected chi connectivity index (χ1v) is 10.2. The third-order valence-electron chi connectivity index (χ3n) is 5.17. The lowest BCUT2D eigenvalue weighted by molar-refractivity contribution is -0.151. The van der Waals surface area contributed by atoms with Crippen LogP contribution in [0.25, 0.3) is 0 Å². The number of nitrogens with zero attached hydrogens (tertiary/aromatic N) is 1. The predicted octanol–water partition coefficient (Wildman–Crippen LogP) is 3.85. The minimum atomic E-state index is -0.407. The van der Waals surface area contributed by atoms with Gasteiger partial charge in [0.1, 0.15) is 25.6 Å². The van der Waals surface area contributed by atoms with Gasteiger partial charge < -0.3 is 19.1 Å². The van der Waals surface area contributed by atoms with Gasteiger partial charge >= 0.3 is 5.97 Å². The second kappa shape index (κ2) is 8.92. The molecule has 6 nitrogen and oxygen atoms in total. The molecule has 2 aromatic rings. The molecule has 2 aliphatic heterocycles. The van der Waals surface area contributed by atoms with E-state index in [0.717, 1.165) is 0 Å². The molecule has 0 N–H and O–H groups in total. The Hall–Kier alpha value is -2.80. The minimum Gasteiger partial charge on any atom is -0.486 e. The number of rotatable bonds is 4. The highest BCUT2D eigenvalue weighted by atomic mass is 35.5. The van der Waals surface area contributed by atoms with Gasteiger partial charge in [0.2, 0.25) is 0 Å². The van der Waals surface area contributed by atoms with E-state index in [-0.39, 0.29) is 25.0 Å². The van der Waals surface area contributed by atoms with Crippen LogP contribution in [0.4, 0.5) is 4.39 Å². The summed E-state index contributed by atoms with van der Waals surface area (Å²) in [6, 6.07) is 8.84. The first-order chi connectivity index (χ1) is 14.5. The number of carbonyl (C=O) groups is 2. The second-order valence-electron chi connectivity index (χ2n) is 7.31. The summed E-state index contributed by atoms with van der Waals surface area (Å²) < 4.78 is 29.6. The van der Waals surface area contributed by atoms with Crippen molar-refractivity contribution in [2.45, 2.75) is 19.4 Å². The van der Waals surface area contributed by atoms with E-state index in [1.165, 1.54) is 24.3 Å². The second-order valence-corrected chi connectivity index (χ2v) is 7.71.